The molecule has 1 atom stereocenters. The summed E-state index contributed by atoms with van der Waals surface area (Å²) in [5, 5.41) is 17.0. The van der Waals surface area contributed by atoms with Crippen molar-refractivity contribution in [3.8, 4) is 11.5 Å². The van der Waals surface area contributed by atoms with E-state index in [4.69, 9.17) is 15.2 Å². The fourth-order valence-corrected chi connectivity index (χ4v) is 4.86. The third kappa shape index (κ3) is 7.96. The molecule has 180 valence electrons. The second kappa shape index (κ2) is 13.1. The van der Waals surface area contributed by atoms with E-state index in [1.54, 1.807) is 11.8 Å². The van der Waals surface area contributed by atoms with Crippen LogP contribution < -0.4 is 25.8 Å². The average Bonchev–Trinajstić information content (AvgIpc) is 3.28. The highest BCUT2D eigenvalue weighted by atomic mass is 32.2. The lowest BCUT2D eigenvalue weighted by molar-refractivity contribution is -0.137. The van der Waals surface area contributed by atoms with Crippen LogP contribution in [-0.2, 0) is 4.79 Å². The predicted molar refractivity (Wildman–Crippen MR) is 133 cm³/mol. The lowest BCUT2D eigenvalue weighted by atomic mass is 9.91. The second-order valence-electron chi connectivity index (χ2n) is 8.17. The number of aliphatic carboxylic acids is 1. The van der Waals surface area contributed by atoms with Crippen molar-refractivity contribution in [2.75, 3.05) is 26.1 Å². The molecule has 7 nitrogen and oxygen atoms in total. The Morgan fingerprint density at radius 2 is 2.18 bits per heavy atom. The van der Waals surface area contributed by atoms with Crippen LogP contribution in [0.4, 0.5) is 0 Å². The minimum Gasteiger partial charge on any atom is -0.481 e. The molecule has 2 aliphatic heterocycles. The van der Waals surface area contributed by atoms with E-state index in [1.807, 2.05) is 25.2 Å². The monoisotopic (exact) mass is 473 g/mol. The molecule has 8 heteroatoms. The number of unbranched alkanes of at least 4 members (excludes halogenated alkanes) is 1. The summed E-state index contributed by atoms with van der Waals surface area (Å²) in [5.74, 6) is 2.38. The van der Waals surface area contributed by atoms with Gasteiger partial charge in [-0.05, 0) is 73.5 Å². The molecular weight excluding hydrogens is 438 g/mol. The number of hydrogen-bond donors (Lipinski definition) is 4. The van der Waals surface area contributed by atoms with E-state index in [-0.39, 0.29) is 19.1 Å². The number of allylic oxidation sites excluding steroid dienone is 4. The molecule has 2 heterocycles. The summed E-state index contributed by atoms with van der Waals surface area (Å²) in [7, 11) is 1.93. The Labute approximate surface area is 200 Å². The number of ether oxygens (including phenoxy) is 2. The van der Waals surface area contributed by atoms with Gasteiger partial charge in [0, 0.05) is 13.6 Å². The lowest BCUT2D eigenvalue weighted by Gasteiger charge is -2.16. The molecule has 0 saturated heterocycles. The number of carbonyl (C=O) groups is 1. The summed E-state index contributed by atoms with van der Waals surface area (Å²) in [6.45, 7) is 1.18. The largest absolute Gasteiger partial charge is 0.481 e. The first kappa shape index (κ1) is 24.9. The Balaban J connectivity index is 1.44. The number of benzene rings is 1. The van der Waals surface area contributed by atoms with Crippen molar-refractivity contribution in [3.63, 3.8) is 0 Å². The third-order valence-corrected chi connectivity index (χ3v) is 6.93. The van der Waals surface area contributed by atoms with E-state index in [0.29, 0.717) is 11.5 Å². The summed E-state index contributed by atoms with van der Waals surface area (Å²) in [4.78, 5) is 11.4. The van der Waals surface area contributed by atoms with Crippen molar-refractivity contribution < 1.29 is 19.4 Å². The van der Waals surface area contributed by atoms with Gasteiger partial charge in [0.25, 0.3) is 0 Å². The molecule has 0 saturated carbocycles. The SMILES string of the molecule is CN/C(=C\CCC(CC(=O)O)c1ccc2c(c1)OCO2)SCCC/C=C\C1=C(N)NCCC1. The van der Waals surface area contributed by atoms with E-state index >= 15 is 0 Å². The number of carboxylic acids is 1. The predicted octanol–water partition coefficient (Wildman–Crippen LogP) is 4.44. The van der Waals surface area contributed by atoms with Crippen LogP contribution in [0.3, 0.4) is 0 Å². The summed E-state index contributed by atoms with van der Waals surface area (Å²) in [6.07, 6.45) is 12.5. The van der Waals surface area contributed by atoms with Gasteiger partial charge in [0.1, 0.15) is 0 Å². The van der Waals surface area contributed by atoms with Gasteiger partial charge in [-0.2, -0.15) is 0 Å². The molecule has 1 unspecified atom stereocenters. The fourth-order valence-electron chi connectivity index (χ4n) is 3.95. The number of fused-ring (bicyclic) bond motifs is 1. The standard InChI is InChI=1S/C25H35N3O4S/c1-27-23(33-14-4-2-3-7-18-9-6-13-28-25(18)26)10-5-8-19(16-24(29)30)20-11-12-21-22(15-20)32-17-31-21/h3,7,10-12,15,19,27-28H,2,4-6,8-9,13-14,16-17,26H2,1H3,(H,29,30)/b7-3-,23-10+. The summed E-state index contributed by atoms with van der Waals surface area (Å²) >= 11 is 1.80. The zero-order valence-electron chi connectivity index (χ0n) is 19.3. The Morgan fingerprint density at radius 3 is 2.97 bits per heavy atom. The molecule has 1 aromatic carbocycles. The van der Waals surface area contributed by atoms with Crippen molar-refractivity contribution in [2.24, 2.45) is 5.73 Å². The lowest BCUT2D eigenvalue weighted by Crippen LogP contribution is -2.26. The first-order chi connectivity index (χ1) is 16.1. The smallest absolute Gasteiger partial charge is 0.303 e. The van der Waals surface area contributed by atoms with Crippen LogP contribution in [0.25, 0.3) is 0 Å². The van der Waals surface area contributed by atoms with Gasteiger partial charge in [0.15, 0.2) is 11.5 Å². The minimum absolute atomic E-state index is 0.0717. The zero-order chi connectivity index (χ0) is 23.5. The topological polar surface area (TPSA) is 106 Å². The highest BCUT2D eigenvalue weighted by molar-refractivity contribution is 8.03. The van der Waals surface area contributed by atoms with Gasteiger partial charge < -0.3 is 30.9 Å². The number of nitrogens with one attached hydrogen (secondary N) is 2. The molecule has 0 fully saturated rings. The maximum Gasteiger partial charge on any atom is 0.303 e. The Kier molecular flexibility index (Phi) is 9.87. The van der Waals surface area contributed by atoms with Crippen molar-refractivity contribution >= 4 is 17.7 Å². The maximum absolute atomic E-state index is 11.4. The van der Waals surface area contributed by atoms with Gasteiger partial charge in [0.2, 0.25) is 6.79 Å². The van der Waals surface area contributed by atoms with E-state index in [1.165, 1.54) is 5.57 Å². The Morgan fingerprint density at radius 1 is 1.33 bits per heavy atom. The molecule has 0 bridgehead atoms. The Hall–Kier alpha value is -2.74. The van der Waals surface area contributed by atoms with Crippen LogP contribution >= 0.6 is 11.8 Å². The molecule has 0 aliphatic carbocycles. The van der Waals surface area contributed by atoms with Gasteiger partial charge in [0.05, 0.1) is 17.3 Å². The molecule has 0 aromatic heterocycles. The number of thioether (sulfide) groups is 1. The first-order valence-electron chi connectivity index (χ1n) is 11.6. The normalized spacial score (nSPS) is 16.7. The molecule has 5 N–H and O–H groups in total. The summed E-state index contributed by atoms with van der Waals surface area (Å²) in [5.41, 5.74) is 8.17. The van der Waals surface area contributed by atoms with Gasteiger partial charge in [-0.3, -0.25) is 4.79 Å². The number of rotatable bonds is 13. The van der Waals surface area contributed by atoms with E-state index in [0.717, 1.165) is 67.2 Å². The van der Waals surface area contributed by atoms with Crippen LogP contribution in [-0.4, -0.2) is 37.2 Å². The maximum atomic E-state index is 11.4. The molecule has 1 aromatic rings. The number of nitrogens with two attached hydrogens (primary N) is 1. The number of hydrogen-bond acceptors (Lipinski definition) is 7. The van der Waals surface area contributed by atoms with Crippen LogP contribution in [0.2, 0.25) is 0 Å². The second-order valence-corrected chi connectivity index (χ2v) is 9.30. The van der Waals surface area contributed by atoms with Crippen molar-refractivity contribution in [1.29, 1.82) is 0 Å². The van der Waals surface area contributed by atoms with Crippen LogP contribution in [0.1, 0.15) is 56.4 Å². The van der Waals surface area contributed by atoms with Gasteiger partial charge in [-0.15, -0.1) is 11.8 Å². The number of carboxylic acid groups (broad SMARTS) is 1. The van der Waals surface area contributed by atoms with Crippen LogP contribution in [0, 0.1) is 0 Å². The van der Waals surface area contributed by atoms with Gasteiger partial charge in [-0.25, -0.2) is 0 Å². The molecule has 2 aliphatic rings. The summed E-state index contributed by atoms with van der Waals surface area (Å²) < 4.78 is 10.8. The highest BCUT2D eigenvalue weighted by Crippen LogP contribution is 2.36. The van der Waals surface area contributed by atoms with Crippen LogP contribution in [0.5, 0.6) is 11.5 Å². The van der Waals surface area contributed by atoms with Crippen LogP contribution in [0.15, 0.2) is 52.9 Å². The first-order valence-corrected chi connectivity index (χ1v) is 12.6. The highest BCUT2D eigenvalue weighted by Gasteiger charge is 2.20. The van der Waals surface area contributed by atoms with Crippen molar-refractivity contribution in [3.05, 3.63) is 58.4 Å². The van der Waals surface area contributed by atoms with Crippen molar-refractivity contribution in [2.45, 2.75) is 50.9 Å². The Bertz CT molecular complexity index is 898. The van der Waals surface area contributed by atoms with Crippen molar-refractivity contribution in [1.82, 2.24) is 10.6 Å². The van der Waals surface area contributed by atoms with Gasteiger partial charge >= 0.3 is 5.97 Å². The molecule has 33 heavy (non-hydrogen) atoms. The van der Waals surface area contributed by atoms with E-state index in [9.17, 15) is 9.90 Å². The third-order valence-electron chi connectivity index (χ3n) is 5.76. The molecule has 3 rings (SSSR count). The molecule has 0 spiro atoms. The fraction of sp³-hybridized carbons (Fsp3) is 0.480. The van der Waals surface area contributed by atoms with E-state index in [2.05, 4.69) is 28.9 Å². The minimum atomic E-state index is -0.792. The molecular formula is C25H35N3O4S. The molecule has 0 amide bonds. The zero-order valence-corrected chi connectivity index (χ0v) is 20.1. The summed E-state index contributed by atoms with van der Waals surface area (Å²) in [6, 6.07) is 5.72. The quantitative estimate of drug-likeness (QED) is 0.312. The van der Waals surface area contributed by atoms with Gasteiger partial charge in [-0.1, -0.05) is 24.3 Å². The molecule has 0 radical (unpaired) electrons. The average molecular weight is 474 g/mol. The van der Waals surface area contributed by atoms with E-state index < -0.39 is 5.97 Å².